The van der Waals surface area contributed by atoms with Gasteiger partial charge in [-0.2, -0.15) is 0 Å². The van der Waals surface area contributed by atoms with Gasteiger partial charge in [-0.1, -0.05) is 51.8 Å². The molecule has 106 valence electrons. The molecule has 2 aromatic carbocycles. The van der Waals surface area contributed by atoms with Gasteiger partial charge in [0.1, 0.15) is 0 Å². The lowest BCUT2D eigenvalue weighted by Crippen LogP contribution is -2.30. The summed E-state index contributed by atoms with van der Waals surface area (Å²) in [6.07, 6.45) is 1.02. The van der Waals surface area contributed by atoms with E-state index in [4.69, 9.17) is 11.6 Å². The number of hydrogen-bond donors (Lipinski definition) is 1. The molecule has 2 rings (SSSR count). The predicted molar refractivity (Wildman–Crippen MR) is 90.3 cm³/mol. The molecule has 20 heavy (non-hydrogen) atoms. The molecule has 0 saturated heterocycles. The third-order valence-corrected chi connectivity index (χ3v) is 4.14. The Morgan fingerprint density at radius 1 is 1.00 bits per heavy atom. The minimum absolute atomic E-state index is 0.317. The van der Waals surface area contributed by atoms with Crippen molar-refractivity contribution in [3.8, 4) is 0 Å². The van der Waals surface area contributed by atoms with Crippen molar-refractivity contribution in [2.24, 2.45) is 0 Å². The maximum atomic E-state index is 5.92. The first-order valence-electron chi connectivity index (χ1n) is 6.80. The van der Waals surface area contributed by atoms with Gasteiger partial charge in [0.15, 0.2) is 0 Å². The molecule has 0 aliphatic carbocycles. The van der Waals surface area contributed by atoms with Gasteiger partial charge in [-0.15, -0.1) is 0 Å². The van der Waals surface area contributed by atoms with Gasteiger partial charge < -0.3 is 5.32 Å². The molecule has 0 aliphatic rings. The summed E-state index contributed by atoms with van der Waals surface area (Å²) in [7, 11) is 0. The van der Waals surface area contributed by atoms with Gasteiger partial charge in [0, 0.05) is 21.6 Å². The number of benzene rings is 2. The Labute approximate surface area is 134 Å². The van der Waals surface area contributed by atoms with Crippen molar-refractivity contribution in [2.45, 2.75) is 32.4 Å². The van der Waals surface area contributed by atoms with Crippen LogP contribution in [0.2, 0.25) is 5.02 Å². The van der Waals surface area contributed by atoms with Crippen LogP contribution in [0.15, 0.2) is 53.0 Å². The second-order valence-corrected chi connectivity index (χ2v) is 6.52. The highest BCUT2D eigenvalue weighted by Gasteiger charge is 2.10. The van der Waals surface area contributed by atoms with Crippen molar-refractivity contribution in [1.29, 1.82) is 0 Å². The van der Waals surface area contributed by atoms with Crippen LogP contribution in [-0.4, -0.2) is 6.04 Å². The minimum atomic E-state index is 0.317. The van der Waals surface area contributed by atoms with Gasteiger partial charge >= 0.3 is 0 Å². The van der Waals surface area contributed by atoms with E-state index in [1.54, 1.807) is 0 Å². The first-order chi connectivity index (χ1) is 9.54. The molecule has 3 heteroatoms. The van der Waals surface area contributed by atoms with Gasteiger partial charge in [0.2, 0.25) is 0 Å². The van der Waals surface area contributed by atoms with Crippen molar-refractivity contribution >= 4 is 27.5 Å². The van der Waals surface area contributed by atoms with Crippen LogP contribution in [0.4, 0.5) is 0 Å². The number of nitrogens with one attached hydrogen (secondary N) is 1. The standard InChI is InChI=1S/C17H19BrClN/c1-12(11-14-3-7-16(18)8-4-14)20-13(2)15-5-9-17(19)10-6-15/h3-10,12-13,20H,11H2,1-2H3/t12?,13-/m1/s1. The van der Waals surface area contributed by atoms with Crippen molar-refractivity contribution in [3.05, 3.63) is 69.2 Å². The summed E-state index contributed by atoms with van der Waals surface area (Å²) >= 11 is 9.38. The third kappa shape index (κ3) is 4.62. The number of halogens is 2. The molecule has 0 aromatic heterocycles. The largest absolute Gasteiger partial charge is 0.307 e. The van der Waals surface area contributed by atoms with E-state index in [-0.39, 0.29) is 0 Å². The second-order valence-electron chi connectivity index (χ2n) is 5.17. The fraction of sp³-hybridized carbons (Fsp3) is 0.294. The molecule has 2 atom stereocenters. The molecule has 0 aliphatic heterocycles. The van der Waals surface area contributed by atoms with Crippen LogP contribution < -0.4 is 5.32 Å². The smallest absolute Gasteiger partial charge is 0.0406 e. The van der Waals surface area contributed by atoms with Gasteiger partial charge in [-0.05, 0) is 55.7 Å². The monoisotopic (exact) mass is 351 g/mol. The molecular weight excluding hydrogens is 334 g/mol. The van der Waals surface area contributed by atoms with Crippen LogP contribution in [0.1, 0.15) is 31.0 Å². The minimum Gasteiger partial charge on any atom is -0.307 e. The summed E-state index contributed by atoms with van der Waals surface area (Å²) in [5.74, 6) is 0. The molecule has 0 bridgehead atoms. The van der Waals surface area contributed by atoms with E-state index in [2.05, 4.69) is 71.5 Å². The molecule has 0 saturated carbocycles. The van der Waals surface area contributed by atoms with Crippen LogP contribution in [0, 0.1) is 0 Å². The van der Waals surface area contributed by atoms with Crippen LogP contribution >= 0.6 is 27.5 Å². The zero-order chi connectivity index (χ0) is 14.5. The van der Waals surface area contributed by atoms with Gasteiger partial charge in [-0.3, -0.25) is 0 Å². The van der Waals surface area contributed by atoms with Crippen molar-refractivity contribution < 1.29 is 0 Å². The highest BCUT2D eigenvalue weighted by atomic mass is 79.9. The van der Waals surface area contributed by atoms with E-state index < -0.39 is 0 Å². The molecular formula is C17H19BrClN. The van der Waals surface area contributed by atoms with E-state index in [9.17, 15) is 0 Å². The zero-order valence-electron chi connectivity index (χ0n) is 11.7. The van der Waals surface area contributed by atoms with Gasteiger partial charge in [0.25, 0.3) is 0 Å². The lowest BCUT2D eigenvalue weighted by atomic mass is 10.0. The Hall–Kier alpha value is -0.830. The van der Waals surface area contributed by atoms with Crippen LogP contribution in [0.25, 0.3) is 0 Å². The van der Waals surface area contributed by atoms with E-state index in [0.29, 0.717) is 12.1 Å². The maximum absolute atomic E-state index is 5.92. The Morgan fingerprint density at radius 3 is 2.20 bits per heavy atom. The summed E-state index contributed by atoms with van der Waals surface area (Å²) in [5.41, 5.74) is 2.61. The van der Waals surface area contributed by atoms with Crippen molar-refractivity contribution in [2.75, 3.05) is 0 Å². The average Bonchev–Trinajstić information content (AvgIpc) is 2.42. The Kier molecular flexibility index (Phi) is 5.64. The Balaban J connectivity index is 1.92. The molecule has 1 nitrogen and oxygen atoms in total. The third-order valence-electron chi connectivity index (χ3n) is 3.36. The molecule has 0 heterocycles. The van der Waals surface area contributed by atoms with E-state index in [1.807, 2.05) is 12.1 Å². The normalized spacial score (nSPS) is 14.0. The topological polar surface area (TPSA) is 12.0 Å². The molecule has 0 fully saturated rings. The second kappa shape index (κ2) is 7.26. The molecule has 2 aromatic rings. The summed E-state index contributed by atoms with van der Waals surface area (Å²) in [4.78, 5) is 0. The quantitative estimate of drug-likeness (QED) is 0.761. The fourth-order valence-electron chi connectivity index (χ4n) is 2.31. The van der Waals surface area contributed by atoms with Crippen LogP contribution in [0.3, 0.4) is 0 Å². The van der Waals surface area contributed by atoms with E-state index in [1.165, 1.54) is 11.1 Å². The first kappa shape index (κ1) is 15.6. The molecule has 0 radical (unpaired) electrons. The predicted octanol–water partition coefficient (Wildman–Crippen LogP) is 5.38. The number of rotatable bonds is 5. The lowest BCUT2D eigenvalue weighted by molar-refractivity contribution is 0.477. The first-order valence-corrected chi connectivity index (χ1v) is 7.97. The van der Waals surface area contributed by atoms with E-state index in [0.717, 1.165) is 15.9 Å². The highest BCUT2D eigenvalue weighted by molar-refractivity contribution is 9.10. The lowest BCUT2D eigenvalue weighted by Gasteiger charge is -2.20. The molecule has 0 amide bonds. The summed E-state index contributed by atoms with van der Waals surface area (Å²) in [6.45, 7) is 4.40. The Bertz CT molecular complexity index is 536. The Morgan fingerprint density at radius 2 is 1.60 bits per heavy atom. The molecule has 1 N–H and O–H groups in total. The highest BCUT2D eigenvalue weighted by Crippen LogP contribution is 2.17. The van der Waals surface area contributed by atoms with Crippen LogP contribution in [0.5, 0.6) is 0 Å². The van der Waals surface area contributed by atoms with Crippen molar-refractivity contribution in [1.82, 2.24) is 5.32 Å². The van der Waals surface area contributed by atoms with Gasteiger partial charge in [0.05, 0.1) is 0 Å². The summed E-state index contributed by atoms with van der Waals surface area (Å²) < 4.78 is 1.12. The molecule has 1 unspecified atom stereocenters. The van der Waals surface area contributed by atoms with E-state index >= 15 is 0 Å². The average molecular weight is 353 g/mol. The fourth-order valence-corrected chi connectivity index (χ4v) is 2.70. The summed E-state index contributed by atoms with van der Waals surface area (Å²) in [5, 5.41) is 4.41. The van der Waals surface area contributed by atoms with Crippen molar-refractivity contribution in [3.63, 3.8) is 0 Å². The SMILES string of the molecule is CC(Cc1ccc(Br)cc1)N[C@H](C)c1ccc(Cl)cc1. The summed E-state index contributed by atoms with van der Waals surface area (Å²) in [6, 6.07) is 17.3. The zero-order valence-corrected chi connectivity index (χ0v) is 14.1. The molecule has 0 spiro atoms. The maximum Gasteiger partial charge on any atom is 0.0406 e. The van der Waals surface area contributed by atoms with Crippen LogP contribution in [-0.2, 0) is 6.42 Å². The van der Waals surface area contributed by atoms with Gasteiger partial charge in [-0.25, -0.2) is 0 Å². The number of hydrogen-bond acceptors (Lipinski definition) is 1.